The summed E-state index contributed by atoms with van der Waals surface area (Å²) in [6.07, 6.45) is -1.13. The zero-order valence-corrected chi connectivity index (χ0v) is 23.7. The Morgan fingerprint density at radius 2 is 1.70 bits per heavy atom. The van der Waals surface area contributed by atoms with Gasteiger partial charge in [-0.1, -0.05) is 6.07 Å². The number of fused-ring (bicyclic) bond motifs is 1. The largest absolute Gasteiger partial charge is 0.481 e. The van der Waals surface area contributed by atoms with Gasteiger partial charge >= 0.3 is 17.9 Å². The molecule has 44 heavy (non-hydrogen) atoms. The molecule has 0 saturated heterocycles. The number of H-pyrrole nitrogens is 1. The van der Waals surface area contributed by atoms with E-state index in [-0.39, 0.29) is 48.2 Å². The van der Waals surface area contributed by atoms with Crippen LogP contribution in [0.15, 0.2) is 41.2 Å². The third-order valence-corrected chi connectivity index (χ3v) is 6.78. The number of carbonyl (C=O) groups is 5. The van der Waals surface area contributed by atoms with Gasteiger partial charge in [0.25, 0.3) is 11.5 Å². The van der Waals surface area contributed by atoms with E-state index in [0.29, 0.717) is 11.3 Å². The number of carboxylic acids is 3. The van der Waals surface area contributed by atoms with E-state index >= 15 is 4.39 Å². The Kier molecular flexibility index (Phi) is 10.7. The average Bonchev–Trinajstić information content (AvgIpc) is 2.95. The first-order valence-electron chi connectivity index (χ1n) is 13.2. The van der Waals surface area contributed by atoms with Crippen molar-refractivity contribution in [3.05, 3.63) is 63.7 Å². The number of aromatic nitrogens is 2. The van der Waals surface area contributed by atoms with Crippen molar-refractivity contribution in [2.75, 3.05) is 24.3 Å². The molecule has 0 spiro atoms. The molecule has 1 heterocycles. The van der Waals surface area contributed by atoms with Gasteiger partial charge in [0, 0.05) is 39.2 Å². The molecule has 15 nitrogen and oxygen atoms in total. The first-order valence-corrected chi connectivity index (χ1v) is 13.2. The fourth-order valence-electron chi connectivity index (χ4n) is 4.30. The van der Waals surface area contributed by atoms with E-state index in [2.05, 4.69) is 15.3 Å². The summed E-state index contributed by atoms with van der Waals surface area (Å²) in [6.45, 7) is 0.209. The smallest absolute Gasteiger partial charge is 0.326 e. The number of aliphatic carboxylic acids is 3. The van der Waals surface area contributed by atoms with Gasteiger partial charge in [0.2, 0.25) is 11.9 Å². The van der Waals surface area contributed by atoms with Gasteiger partial charge in [0.05, 0.1) is 16.5 Å². The topological polar surface area (TPSA) is 236 Å². The molecule has 2 aromatic carbocycles. The first-order chi connectivity index (χ1) is 20.7. The van der Waals surface area contributed by atoms with Gasteiger partial charge in [0.1, 0.15) is 17.9 Å². The Balaban J connectivity index is 1.71. The van der Waals surface area contributed by atoms with Crippen LogP contribution < -0.4 is 21.5 Å². The van der Waals surface area contributed by atoms with Crippen LogP contribution in [0.25, 0.3) is 10.9 Å². The maximum absolute atomic E-state index is 15.0. The number of nitrogens with zero attached hydrogens (tertiary/aromatic N) is 3. The number of carboxylic acid groups (broad SMARTS) is 3. The normalized spacial score (nSPS) is 12.3. The highest BCUT2D eigenvalue weighted by atomic mass is 19.1. The van der Waals surface area contributed by atoms with Crippen LogP contribution in [0, 0.1) is 5.82 Å². The van der Waals surface area contributed by atoms with E-state index in [9.17, 15) is 33.9 Å². The summed E-state index contributed by atoms with van der Waals surface area (Å²) in [7, 11) is 2.81. The number of benzene rings is 2. The van der Waals surface area contributed by atoms with Crippen molar-refractivity contribution in [3.63, 3.8) is 0 Å². The Hall–Kier alpha value is -5.38. The molecule has 1 aromatic heterocycles. The summed E-state index contributed by atoms with van der Waals surface area (Å²) >= 11 is 0. The van der Waals surface area contributed by atoms with Crippen molar-refractivity contribution >= 4 is 52.3 Å². The second-order valence-electron chi connectivity index (χ2n) is 10.0. The Bertz CT molecular complexity index is 1660. The number of hydrogen-bond acceptors (Lipinski definition) is 9. The maximum atomic E-state index is 15.0. The lowest BCUT2D eigenvalue weighted by Crippen LogP contribution is -2.43. The summed E-state index contributed by atoms with van der Waals surface area (Å²) in [5.74, 6) is -6.40. The number of likely N-dealkylation sites (N-methyl/N-ethyl adjacent to an activating group) is 1. The summed E-state index contributed by atoms with van der Waals surface area (Å²) < 4.78 is 15.0. The van der Waals surface area contributed by atoms with E-state index in [4.69, 9.17) is 15.9 Å². The molecule has 2 atom stereocenters. The monoisotopic (exact) mass is 614 g/mol. The number of nitrogens with one attached hydrogen (secondary N) is 2. The van der Waals surface area contributed by atoms with Gasteiger partial charge < -0.3 is 30.9 Å². The second-order valence-corrected chi connectivity index (χ2v) is 10.0. The first kappa shape index (κ1) is 33.1. The zero-order chi connectivity index (χ0) is 32.7. The van der Waals surface area contributed by atoms with E-state index < -0.39 is 59.6 Å². The van der Waals surface area contributed by atoms with Crippen molar-refractivity contribution in [2.24, 2.45) is 5.73 Å². The Labute approximate surface area is 249 Å². The highest BCUT2D eigenvalue weighted by Crippen LogP contribution is 2.22. The van der Waals surface area contributed by atoms with E-state index in [1.54, 1.807) is 30.1 Å². The van der Waals surface area contributed by atoms with Crippen LogP contribution in [0.5, 0.6) is 0 Å². The summed E-state index contributed by atoms with van der Waals surface area (Å²) in [5.41, 5.74) is 5.76. The molecule has 0 unspecified atom stereocenters. The standard InChI is InChI=1S/C28H31FN6O9/c1-34(15-4-5-16(18(29)12-15)25(40)35(2)21(27(43)44)8-10-23(37)38)13-14-3-7-20-17(11-14)24(39)33-28(31-20)32-22(36)9-6-19(30)26(41)42/h3-5,7,11-12,19,21H,6,8-10,13,30H2,1-2H3,(H,37,38)(H,41,42)(H,43,44)(H2,31,32,33,36,39)/t19-,21-/m0/s1. The fourth-order valence-corrected chi connectivity index (χ4v) is 4.30. The Morgan fingerprint density at radius 1 is 1.00 bits per heavy atom. The molecule has 7 N–H and O–H groups in total. The molecule has 0 saturated carbocycles. The molecule has 234 valence electrons. The highest BCUT2D eigenvalue weighted by Gasteiger charge is 2.29. The molecule has 0 aliphatic carbocycles. The molecule has 3 rings (SSSR count). The molecule has 0 aliphatic heterocycles. The number of halogens is 1. The number of hydrogen-bond donors (Lipinski definition) is 6. The molecule has 0 fully saturated rings. The molecule has 0 radical (unpaired) electrons. The average molecular weight is 615 g/mol. The van der Waals surface area contributed by atoms with Crippen molar-refractivity contribution in [1.82, 2.24) is 14.9 Å². The van der Waals surface area contributed by atoms with Crippen molar-refractivity contribution < 1.29 is 43.7 Å². The summed E-state index contributed by atoms with van der Waals surface area (Å²) in [6, 6.07) is 5.92. The number of amides is 2. The predicted octanol–water partition coefficient (Wildman–Crippen LogP) is 1.22. The zero-order valence-electron chi connectivity index (χ0n) is 23.7. The van der Waals surface area contributed by atoms with Gasteiger partial charge in [-0.15, -0.1) is 0 Å². The fraction of sp³-hybridized carbons (Fsp3) is 0.321. The van der Waals surface area contributed by atoms with Gasteiger partial charge in [-0.25, -0.2) is 14.2 Å². The van der Waals surface area contributed by atoms with Gasteiger partial charge in [-0.05, 0) is 48.7 Å². The lowest BCUT2D eigenvalue weighted by molar-refractivity contribution is -0.143. The van der Waals surface area contributed by atoms with Crippen LogP contribution in [-0.4, -0.2) is 86.1 Å². The molecular weight excluding hydrogens is 583 g/mol. The third-order valence-electron chi connectivity index (χ3n) is 6.78. The molecule has 2 amide bonds. The second kappa shape index (κ2) is 14.2. The van der Waals surface area contributed by atoms with Crippen molar-refractivity contribution in [1.29, 1.82) is 0 Å². The SMILES string of the molecule is CN(Cc1ccc2nc(NC(=O)CC[C@H](N)C(=O)O)[nH]c(=O)c2c1)c1ccc(C(=O)N(C)[C@@H](CCC(=O)O)C(=O)O)c(F)c1. The van der Waals surface area contributed by atoms with Gasteiger partial charge in [-0.3, -0.25) is 34.3 Å². The van der Waals surface area contributed by atoms with Crippen LogP contribution in [0.2, 0.25) is 0 Å². The number of aromatic amines is 1. The minimum atomic E-state index is -1.46. The number of carbonyl (C=O) groups excluding carboxylic acids is 2. The van der Waals surface area contributed by atoms with Crippen LogP contribution in [0.3, 0.4) is 0 Å². The van der Waals surface area contributed by atoms with E-state index in [0.717, 1.165) is 18.0 Å². The highest BCUT2D eigenvalue weighted by molar-refractivity contribution is 5.97. The Morgan fingerprint density at radius 3 is 2.32 bits per heavy atom. The maximum Gasteiger partial charge on any atom is 0.326 e. The molecule has 3 aromatic rings. The number of nitrogens with two attached hydrogens (primary N) is 1. The molecular formula is C28H31FN6O9. The molecule has 16 heteroatoms. The van der Waals surface area contributed by atoms with Crippen LogP contribution >= 0.6 is 0 Å². The van der Waals surface area contributed by atoms with E-state index in [1.165, 1.54) is 12.1 Å². The molecule has 0 aliphatic rings. The van der Waals surface area contributed by atoms with Gasteiger partial charge in [-0.2, -0.15) is 0 Å². The van der Waals surface area contributed by atoms with Crippen LogP contribution in [0.1, 0.15) is 41.6 Å². The number of rotatable bonds is 14. The minimum absolute atomic E-state index is 0.102. The quantitative estimate of drug-likeness (QED) is 0.150. The summed E-state index contributed by atoms with van der Waals surface area (Å²) in [4.78, 5) is 79.9. The van der Waals surface area contributed by atoms with E-state index in [1.807, 2.05) is 0 Å². The summed E-state index contributed by atoms with van der Waals surface area (Å²) in [5, 5.41) is 29.7. The van der Waals surface area contributed by atoms with Crippen molar-refractivity contribution in [3.8, 4) is 0 Å². The number of anilines is 2. The lowest BCUT2D eigenvalue weighted by Gasteiger charge is -2.25. The van der Waals surface area contributed by atoms with Gasteiger partial charge in [0.15, 0.2) is 0 Å². The van der Waals surface area contributed by atoms with Crippen LogP contribution in [0.4, 0.5) is 16.0 Å². The predicted molar refractivity (Wildman–Crippen MR) is 155 cm³/mol. The van der Waals surface area contributed by atoms with Crippen molar-refractivity contribution in [2.45, 2.75) is 44.3 Å². The van der Waals surface area contributed by atoms with Crippen LogP contribution in [-0.2, 0) is 25.7 Å². The third kappa shape index (κ3) is 8.34. The molecule has 0 bridgehead atoms. The lowest BCUT2D eigenvalue weighted by atomic mass is 10.1. The minimum Gasteiger partial charge on any atom is -0.481 e.